The molecule has 0 aliphatic carbocycles. The first-order valence-corrected chi connectivity index (χ1v) is 8.53. The van der Waals surface area contributed by atoms with Gasteiger partial charge in [-0.15, -0.1) is 0 Å². The summed E-state index contributed by atoms with van der Waals surface area (Å²) in [5, 5.41) is 6.61. The molecule has 0 fully saturated rings. The number of unbranched alkanes of at least 4 members (excludes halogenated alkanes) is 1. The lowest BCUT2D eigenvalue weighted by Crippen LogP contribution is -2.29. The summed E-state index contributed by atoms with van der Waals surface area (Å²) in [6.45, 7) is 3.45. The van der Waals surface area contributed by atoms with Crippen LogP contribution in [-0.4, -0.2) is 19.1 Å². The molecule has 2 aromatic carbocycles. The molecule has 0 heterocycles. The molecular formula is C19H23ClN2O2. The van der Waals surface area contributed by atoms with E-state index in [-0.39, 0.29) is 12.5 Å². The smallest absolute Gasteiger partial charge is 0.239 e. The third kappa shape index (κ3) is 6.13. The van der Waals surface area contributed by atoms with Crippen LogP contribution in [0.3, 0.4) is 0 Å². The Morgan fingerprint density at radius 3 is 2.79 bits per heavy atom. The molecule has 4 nitrogen and oxygen atoms in total. The van der Waals surface area contributed by atoms with Crippen LogP contribution >= 0.6 is 11.6 Å². The largest absolute Gasteiger partial charge is 0.494 e. The van der Waals surface area contributed by atoms with Crippen molar-refractivity contribution in [2.24, 2.45) is 0 Å². The van der Waals surface area contributed by atoms with Crippen molar-refractivity contribution in [1.29, 1.82) is 0 Å². The zero-order chi connectivity index (χ0) is 17.2. The average molecular weight is 347 g/mol. The molecule has 5 heteroatoms. The Hall–Kier alpha value is -2.20. The van der Waals surface area contributed by atoms with Crippen molar-refractivity contribution in [2.45, 2.75) is 26.3 Å². The van der Waals surface area contributed by atoms with Gasteiger partial charge in [-0.25, -0.2) is 0 Å². The number of anilines is 1. The van der Waals surface area contributed by atoms with Gasteiger partial charge in [0, 0.05) is 23.3 Å². The van der Waals surface area contributed by atoms with Crippen molar-refractivity contribution in [1.82, 2.24) is 5.32 Å². The van der Waals surface area contributed by atoms with Gasteiger partial charge in [-0.3, -0.25) is 4.79 Å². The topological polar surface area (TPSA) is 50.4 Å². The van der Waals surface area contributed by atoms with E-state index in [0.717, 1.165) is 29.8 Å². The van der Waals surface area contributed by atoms with Gasteiger partial charge in [0.05, 0.1) is 13.2 Å². The van der Waals surface area contributed by atoms with Crippen LogP contribution < -0.4 is 15.4 Å². The van der Waals surface area contributed by atoms with Gasteiger partial charge in [-0.05, 0) is 30.2 Å². The SMILES string of the molecule is CCCCOc1cccc(NCC(=O)NCc2ccccc2Cl)c1. The minimum atomic E-state index is -0.0905. The molecule has 0 unspecified atom stereocenters. The van der Waals surface area contributed by atoms with Crippen LogP contribution in [-0.2, 0) is 11.3 Å². The third-order valence-corrected chi connectivity index (χ3v) is 3.86. The zero-order valence-electron chi connectivity index (χ0n) is 13.8. The van der Waals surface area contributed by atoms with E-state index in [9.17, 15) is 4.79 Å². The summed E-state index contributed by atoms with van der Waals surface area (Å²) in [5.41, 5.74) is 1.76. The molecule has 2 rings (SSSR count). The first-order valence-electron chi connectivity index (χ1n) is 8.16. The summed E-state index contributed by atoms with van der Waals surface area (Å²) in [7, 11) is 0. The predicted octanol–water partition coefficient (Wildman–Crippen LogP) is 4.25. The molecule has 24 heavy (non-hydrogen) atoms. The molecule has 128 valence electrons. The molecule has 0 atom stereocenters. The lowest BCUT2D eigenvalue weighted by Gasteiger charge is -2.10. The highest BCUT2D eigenvalue weighted by atomic mass is 35.5. The summed E-state index contributed by atoms with van der Waals surface area (Å²) in [6, 6.07) is 15.1. The van der Waals surface area contributed by atoms with Gasteiger partial charge in [-0.1, -0.05) is 49.2 Å². The van der Waals surface area contributed by atoms with Gasteiger partial charge in [0.1, 0.15) is 5.75 Å². The summed E-state index contributed by atoms with van der Waals surface area (Å²) in [6.07, 6.45) is 2.13. The fourth-order valence-corrected chi connectivity index (χ4v) is 2.31. The fraction of sp³-hybridized carbons (Fsp3) is 0.316. The number of ether oxygens (including phenoxy) is 1. The molecule has 0 radical (unpaired) electrons. The highest BCUT2D eigenvalue weighted by Crippen LogP contribution is 2.17. The van der Waals surface area contributed by atoms with Gasteiger partial charge in [0.25, 0.3) is 0 Å². The van der Waals surface area contributed by atoms with Crippen LogP contribution in [0.5, 0.6) is 5.75 Å². The molecule has 0 aliphatic rings. The monoisotopic (exact) mass is 346 g/mol. The second kappa shape index (κ2) is 9.83. The van der Waals surface area contributed by atoms with E-state index >= 15 is 0 Å². The van der Waals surface area contributed by atoms with Crippen LogP contribution in [0.2, 0.25) is 5.02 Å². The van der Waals surface area contributed by atoms with Gasteiger partial charge >= 0.3 is 0 Å². The van der Waals surface area contributed by atoms with E-state index in [2.05, 4.69) is 17.6 Å². The van der Waals surface area contributed by atoms with Crippen molar-refractivity contribution in [3.8, 4) is 5.75 Å². The highest BCUT2D eigenvalue weighted by Gasteiger charge is 2.04. The lowest BCUT2D eigenvalue weighted by atomic mass is 10.2. The predicted molar refractivity (Wildman–Crippen MR) is 98.6 cm³/mol. The van der Waals surface area contributed by atoms with E-state index in [4.69, 9.17) is 16.3 Å². The molecule has 0 aliphatic heterocycles. The molecule has 0 spiro atoms. The molecule has 2 aromatic rings. The number of hydrogen-bond donors (Lipinski definition) is 2. The van der Waals surface area contributed by atoms with Crippen LogP contribution in [0.25, 0.3) is 0 Å². The maximum Gasteiger partial charge on any atom is 0.239 e. The van der Waals surface area contributed by atoms with E-state index in [1.54, 1.807) is 0 Å². The van der Waals surface area contributed by atoms with Crippen molar-refractivity contribution in [3.63, 3.8) is 0 Å². The summed E-state index contributed by atoms with van der Waals surface area (Å²) in [5.74, 6) is 0.720. The minimum absolute atomic E-state index is 0.0905. The number of benzene rings is 2. The average Bonchev–Trinajstić information content (AvgIpc) is 2.60. The van der Waals surface area contributed by atoms with Crippen molar-refractivity contribution in [3.05, 3.63) is 59.1 Å². The number of carbonyl (C=O) groups is 1. The maximum absolute atomic E-state index is 11.9. The Labute approximate surface area is 148 Å². The van der Waals surface area contributed by atoms with Crippen molar-refractivity contribution in [2.75, 3.05) is 18.5 Å². The number of hydrogen-bond acceptors (Lipinski definition) is 3. The summed E-state index contributed by atoms with van der Waals surface area (Å²) >= 11 is 6.07. The van der Waals surface area contributed by atoms with Gasteiger partial charge in [0.15, 0.2) is 0 Å². The van der Waals surface area contributed by atoms with Crippen LogP contribution in [0.4, 0.5) is 5.69 Å². The molecule has 0 saturated carbocycles. The first-order chi connectivity index (χ1) is 11.7. The molecule has 0 bridgehead atoms. The Bertz CT molecular complexity index is 661. The quantitative estimate of drug-likeness (QED) is 0.667. The molecule has 0 saturated heterocycles. The first kappa shape index (κ1) is 18.1. The van der Waals surface area contributed by atoms with Gasteiger partial charge in [0.2, 0.25) is 5.91 Å². The highest BCUT2D eigenvalue weighted by molar-refractivity contribution is 6.31. The van der Waals surface area contributed by atoms with E-state index < -0.39 is 0 Å². The molecule has 0 aromatic heterocycles. The van der Waals surface area contributed by atoms with Gasteiger partial charge in [-0.2, -0.15) is 0 Å². The second-order valence-electron chi connectivity index (χ2n) is 5.45. The van der Waals surface area contributed by atoms with E-state index in [1.165, 1.54) is 0 Å². The van der Waals surface area contributed by atoms with Crippen molar-refractivity contribution >= 4 is 23.2 Å². The molecule has 2 N–H and O–H groups in total. The summed E-state index contributed by atoms with van der Waals surface area (Å²) < 4.78 is 5.66. The van der Waals surface area contributed by atoms with E-state index in [0.29, 0.717) is 18.2 Å². The third-order valence-electron chi connectivity index (χ3n) is 3.49. The van der Waals surface area contributed by atoms with Crippen LogP contribution in [0.15, 0.2) is 48.5 Å². The number of carbonyl (C=O) groups excluding carboxylic acids is 1. The number of halogens is 1. The molecule has 1 amide bonds. The normalized spacial score (nSPS) is 10.2. The van der Waals surface area contributed by atoms with Crippen molar-refractivity contribution < 1.29 is 9.53 Å². The lowest BCUT2D eigenvalue weighted by molar-refractivity contribution is -0.119. The van der Waals surface area contributed by atoms with Crippen LogP contribution in [0.1, 0.15) is 25.3 Å². The Morgan fingerprint density at radius 2 is 2.00 bits per heavy atom. The summed E-state index contributed by atoms with van der Waals surface area (Å²) in [4.78, 5) is 11.9. The Kier molecular flexibility index (Phi) is 7.43. The molecular weight excluding hydrogens is 324 g/mol. The minimum Gasteiger partial charge on any atom is -0.494 e. The second-order valence-corrected chi connectivity index (χ2v) is 5.86. The zero-order valence-corrected chi connectivity index (χ0v) is 14.6. The Balaban J connectivity index is 1.77. The number of amides is 1. The number of rotatable bonds is 9. The van der Waals surface area contributed by atoms with E-state index in [1.807, 2.05) is 48.5 Å². The Morgan fingerprint density at radius 1 is 1.17 bits per heavy atom. The fourth-order valence-electron chi connectivity index (χ4n) is 2.11. The maximum atomic E-state index is 11.9. The van der Waals surface area contributed by atoms with Crippen LogP contribution in [0, 0.1) is 0 Å². The standard InChI is InChI=1S/C19H23ClN2O2/c1-2-3-11-24-17-9-6-8-16(12-17)21-14-19(23)22-13-15-7-4-5-10-18(15)20/h4-10,12,21H,2-3,11,13-14H2,1H3,(H,22,23). The number of nitrogens with one attached hydrogen (secondary N) is 2. The van der Waals surface area contributed by atoms with Gasteiger partial charge < -0.3 is 15.4 Å².